The van der Waals surface area contributed by atoms with Gasteiger partial charge in [-0.2, -0.15) is 5.26 Å². The number of hydrogen-bond acceptors (Lipinski definition) is 4. The van der Waals surface area contributed by atoms with E-state index in [1.54, 1.807) is 0 Å². The highest BCUT2D eigenvalue weighted by atomic mass is 79.9. The second-order valence-electron chi connectivity index (χ2n) is 9.15. The van der Waals surface area contributed by atoms with Gasteiger partial charge in [-0.25, -0.2) is 0 Å². The molecule has 0 bridgehead atoms. The van der Waals surface area contributed by atoms with Gasteiger partial charge in [0, 0.05) is 56.7 Å². The molecule has 2 aliphatic rings. The molecule has 0 radical (unpaired) electrons. The van der Waals surface area contributed by atoms with Gasteiger partial charge < -0.3 is 10.3 Å². The van der Waals surface area contributed by atoms with Gasteiger partial charge in [0.1, 0.15) is 5.82 Å². The van der Waals surface area contributed by atoms with Crippen LogP contribution in [0.4, 0.5) is 5.69 Å². The lowest BCUT2D eigenvalue weighted by Gasteiger charge is -2.39. The van der Waals surface area contributed by atoms with E-state index in [4.69, 9.17) is 5.73 Å². The van der Waals surface area contributed by atoms with Crippen molar-refractivity contribution in [1.82, 2.24) is 4.57 Å². The minimum absolute atomic E-state index is 0.0921. The zero-order valence-corrected chi connectivity index (χ0v) is 20.8. The van der Waals surface area contributed by atoms with Crippen molar-refractivity contribution < 1.29 is 4.79 Å². The van der Waals surface area contributed by atoms with Gasteiger partial charge in [0.2, 0.25) is 0 Å². The Hall–Kier alpha value is -3.82. The van der Waals surface area contributed by atoms with E-state index in [-0.39, 0.29) is 5.78 Å². The monoisotopic (exact) mass is 522 g/mol. The van der Waals surface area contributed by atoms with E-state index in [1.165, 1.54) is 0 Å². The lowest BCUT2D eigenvalue weighted by molar-refractivity contribution is -0.116. The lowest BCUT2D eigenvalue weighted by Crippen LogP contribution is -2.38. The molecule has 172 valence electrons. The molecule has 3 aromatic carbocycles. The van der Waals surface area contributed by atoms with Crippen molar-refractivity contribution in [2.24, 2.45) is 12.8 Å². The predicted octanol–water partition coefficient (Wildman–Crippen LogP) is 6.40. The lowest BCUT2D eigenvalue weighted by atomic mass is 9.75. The molecule has 4 aromatic rings. The van der Waals surface area contributed by atoms with Crippen LogP contribution in [0.25, 0.3) is 21.8 Å². The Morgan fingerprint density at radius 3 is 2.60 bits per heavy atom. The average Bonchev–Trinajstić information content (AvgIpc) is 3.15. The quantitative estimate of drug-likeness (QED) is 0.330. The number of Topliss-reactive ketones (excluding diaryl/α,β-unsaturated/α-hetero) is 1. The Kier molecular flexibility index (Phi) is 5.05. The molecule has 6 rings (SSSR count). The summed E-state index contributed by atoms with van der Waals surface area (Å²) in [7, 11) is 2.06. The van der Waals surface area contributed by atoms with Crippen molar-refractivity contribution in [1.29, 1.82) is 5.26 Å². The second-order valence-corrected chi connectivity index (χ2v) is 10.1. The van der Waals surface area contributed by atoms with Crippen LogP contribution in [0.5, 0.6) is 0 Å². The van der Waals surface area contributed by atoms with E-state index >= 15 is 0 Å². The number of para-hydroxylation sites is 1. The second kappa shape index (κ2) is 8.14. The first-order chi connectivity index (χ1) is 17.0. The van der Waals surface area contributed by atoms with E-state index in [9.17, 15) is 10.1 Å². The van der Waals surface area contributed by atoms with Crippen LogP contribution in [0, 0.1) is 11.3 Å². The van der Waals surface area contributed by atoms with Gasteiger partial charge in [-0.05, 0) is 54.8 Å². The Labute approximate surface area is 211 Å². The zero-order valence-electron chi connectivity index (χ0n) is 19.3. The van der Waals surface area contributed by atoms with Gasteiger partial charge in [-0.1, -0.05) is 46.3 Å². The molecular formula is C29H23BrN4O. The fourth-order valence-corrected chi connectivity index (χ4v) is 6.08. The molecule has 35 heavy (non-hydrogen) atoms. The van der Waals surface area contributed by atoms with Gasteiger partial charge >= 0.3 is 0 Å². The maximum Gasteiger partial charge on any atom is 0.161 e. The van der Waals surface area contributed by atoms with E-state index < -0.39 is 5.92 Å². The van der Waals surface area contributed by atoms with Gasteiger partial charge in [-0.15, -0.1) is 0 Å². The highest BCUT2D eigenvalue weighted by Crippen LogP contribution is 2.47. The Balaban J connectivity index is 1.61. The van der Waals surface area contributed by atoms with Gasteiger partial charge in [0.05, 0.1) is 17.6 Å². The Bertz CT molecular complexity index is 1650. The number of rotatable bonds is 2. The molecule has 1 aliphatic carbocycles. The summed E-state index contributed by atoms with van der Waals surface area (Å²) in [5, 5.41) is 12.6. The van der Waals surface area contributed by atoms with Crippen molar-refractivity contribution >= 4 is 49.2 Å². The van der Waals surface area contributed by atoms with Crippen LogP contribution >= 0.6 is 15.9 Å². The third-order valence-corrected chi connectivity index (χ3v) is 7.74. The number of allylic oxidation sites excluding steroid dienone is 3. The molecule has 0 fully saturated rings. The molecular weight excluding hydrogens is 500 g/mol. The summed E-state index contributed by atoms with van der Waals surface area (Å²) in [5.41, 5.74) is 12.8. The van der Waals surface area contributed by atoms with Crippen molar-refractivity contribution in [3.8, 4) is 6.07 Å². The topological polar surface area (TPSA) is 75.0 Å². The Morgan fingerprint density at radius 2 is 1.80 bits per heavy atom. The first-order valence-electron chi connectivity index (χ1n) is 11.7. The number of halogens is 1. The fraction of sp³-hybridized carbons (Fsp3) is 0.172. The first kappa shape index (κ1) is 21.7. The summed E-state index contributed by atoms with van der Waals surface area (Å²) in [6.07, 6.45) is 1.99. The molecule has 2 N–H and O–H groups in total. The number of carbonyl (C=O) groups is 1. The molecule has 0 saturated heterocycles. The highest BCUT2D eigenvalue weighted by molar-refractivity contribution is 9.10. The number of carbonyl (C=O) groups excluding carboxylic acids is 1. The van der Waals surface area contributed by atoms with Crippen LogP contribution in [-0.2, 0) is 11.8 Å². The fourth-order valence-electron chi connectivity index (χ4n) is 5.69. The molecule has 1 atom stereocenters. The first-order valence-corrected chi connectivity index (χ1v) is 12.5. The van der Waals surface area contributed by atoms with Gasteiger partial charge in [-0.3, -0.25) is 9.69 Å². The van der Waals surface area contributed by atoms with E-state index in [0.29, 0.717) is 23.4 Å². The maximum absolute atomic E-state index is 13.4. The summed E-state index contributed by atoms with van der Waals surface area (Å²) in [6.45, 7) is 0. The third-order valence-electron chi connectivity index (χ3n) is 7.25. The van der Waals surface area contributed by atoms with Crippen molar-refractivity contribution in [2.45, 2.75) is 25.2 Å². The van der Waals surface area contributed by atoms with Crippen molar-refractivity contribution in [2.75, 3.05) is 4.90 Å². The molecule has 6 heteroatoms. The summed E-state index contributed by atoms with van der Waals surface area (Å²) in [4.78, 5) is 15.3. The van der Waals surface area contributed by atoms with Crippen molar-refractivity contribution in [3.63, 3.8) is 0 Å². The number of aryl methyl sites for hydroxylation is 1. The third kappa shape index (κ3) is 3.23. The van der Waals surface area contributed by atoms with Crippen LogP contribution in [0.3, 0.4) is 0 Å². The number of nitrogens with zero attached hydrogens (tertiary/aromatic N) is 3. The summed E-state index contributed by atoms with van der Waals surface area (Å²) in [6, 6.07) is 24.7. The van der Waals surface area contributed by atoms with E-state index in [0.717, 1.165) is 56.1 Å². The predicted molar refractivity (Wildman–Crippen MR) is 142 cm³/mol. The van der Waals surface area contributed by atoms with E-state index in [1.807, 2.05) is 47.4 Å². The van der Waals surface area contributed by atoms with Gasteiger partial charge in [0.15, 0.2) is 5.78 Å². The average molecular weight is 523 g/mol. The molecule has 1 aliphatic heterocycles. The summed E-state index contributed by atoms with van der Waals surface area (Å²) in [5.74, 6) is 0.00570. The van der Waals surface area contributed by atoms with Crippen LogP contribution in [0.1, 0.15) is 30.7 Å². The number of fused-ring (bicyclic) bond motifs is 3. The smallest absolute Gasteiger partial charge is 0.161 e. The largest absolute Gasteiger partial charge is 0.384 e. The van der Waals surface area contributed by atoms with Crippen LogP contribution in [0.2, 0.25) is 0 Å². The number of hydrogen-bond donors (Lipinski definition) is 1. The Morgan fingerprint density at radius 1 is 1.00 bits per heavy atom. The van der Waals surface area contributed by atoms with Crippen LogP contribution in [-0.4, -0.2) is 10.4 Å². The number of nitriles is 1. The van der Waals surface area contributed by atoms with Crippen LogP contribution < -0.4 is 10.6 Å². The summed E-state index contributed by atoms with van der Waals surface area (Å²) >= 11 is 3.54. The number of nitrogens with two attached hydrogens (primary N) is 1. The highest BCUT2D eigenvalue weighted by Gasteiger charge is 2.40. The normalized spacial score (nSPS) is 18.4. The molecule has 0 amide bonds. The molecule has 5 nitrogen and oxygen atoms in total. The number of anilines is 1. The minimum atomic E-state index is -0.477. The minimum Gasteiger partial charge on any atom is -0.384 e. The van der Waals surface area contributed by atoms with Gasteiger partial charge in [0.25, 0.3) is 0 Å². The molecule has 1 unspecified atom stereocenters. The molecule has 2 heterocycles. The zero-order chi connectivity index (χ0) is 24.3. The van der Waals surface area contributed by atoms with Crippen molar-refractivity contribution in [3.05, 3.63) is 99.4 Å². The maximum atomic E-state index is 13.4. The summed E-state index contributed by atoms with van der Waals surface area (Å²) < 4.78 is 3.09. The SMILES string of the molecule is Cn1c2ccccc2c2cc(C3C(C#N)=C(N)N(c4cccc(Br)c4)C4=C3C(=O)CCC4)ccc21. The van der Waals surface area contributed by atoms with Crippen LogP contribution in [0.15, 0.2) is 93.9 Å². The molecule has 0 saturated carbocycles. The van der Waals surface area contributed by atoms with E-state index in [2.05, 4.69) is 57.9 Å². The standard InChI is InChI=1S/C29H23BrN4O/c1-33-23-9-3-2-8-20(23)21-14-17(12-13-24(21)33)27-22(16-31)29(32)34(19-7-4-6-18(30)15-19)25-10-5-11-26(35)28(25)27/h2-4,6-9,12-15,27H,5,10-11,32H2,1H3. The number of ketones is 1. The molecule has 0 spiro atoms. The number of benzene rings is 3. The molecule has 1 aromatic heterocycles. The number of aromatic nitrogens is 1.